The number of aromatic nitrogens is 2. The van der Waals surface area contributed by atoms with Crippen LogP contribution in [-0.4, -0.2) is 35.5 Å². The topological polar surface area (TPSA) is 109 Å². The fraction of sp³-hybridized carbons (Fsp3) is 0.261. The Hall–Kier alpha value is -3.91. The third kappa shape index (κ3) is 5.97. The van der Waals surface area contributed by atoms with Gasteiger partial charge in [0.1, 0.15) is 23.1 Å². The zero-order valence-corrected chi connectivity index (χ0v) is 20.5. The number of methoxy groups -OCH3 is 1. The van der Waals surface area contributed by atoms with Crippen LogP contribution in [0.4, 0.5) is 22.0 Å². The molecule has 9 nitrogen and oxygen atoms in total. The molecule has 0 saturated carbocycles. The quantitative estimate of drug-likeness (QED) is 0.245. The van der Waals surface area contributed by atoms with E-state index in [1.165, 1.54) is 6.92 Å². The van der Waals surface area contributed by atoms with Gasteiger partial charge in [-0.2, -0.15) is 13.2 Å². The molecule has 0 aliphatic carbocycles. The summed E-state index contributed by atoms with van der Waals surface area (Å²) in [6.07, 6.45) is -6.85. The highest BCUT2D eigenvalue weighted by Crippen LogP contribution is 2.41. The first-order valence-corrected chi connectivity index (χ1v) is 10.9. The number of hydrogen-bond acceptors (Lipinski definition) is 7. The maximum atomic E-state index is 14.9. The predicted molar refractivity (Wildman–Crippen MR) is 122 cm³/mol. The molecule has 0 spiro atoms. The van der Waals surface area contributed by atoms with Crippen LogP contribution in [0.1, 0.15) is 12.6 Å². The molecule has 1 atom stereocenters. The summed E-state index contributed by atoms with van der Waals surface area (Å²) in [6, 6.07) is 4.00. The molecular formula is C23H18ClF5N2O7. The number of nitrogens with one attached hydrogen (secondary N) is 1. The minimum Gasteiger partial charge on any atom is -0.461 e. The smallest absolute Gasteiger partial charge is 0.432 e. The molecule has 0 radical (unpaired) electrons. The van der Waals surface area contributed by atoms with Crippen molar-refractivity contribution < 1.29 is 45.7 Å². The van der Waals surface area contributed by atoms with E-state index in [0.717, 1.165) is 32.4 Å². The molecule has 3 rings (SSSR count). The SMILES string of the molecule is CCOC(=O)C(OC)Oc1ccc(F)cc1Oc1cc(-c2c(C(F)(F)F)n(C)c(=O)[nH]c2=O)c(F)cc1Cl. The van der Waals surface area contributed by atoms with Gasteiger partial charge in [0.15, 0.2) is 11.5 Å². The predicted octanol–water partition coefficient (Wildman–Crippen LogP) is 4.40. The van der Waals surface area contributed by atoms with Gasteiger partial charge in [-0.05, 0) is 31.2 Å². The number of aromatic amines is 1. The van der Waals surface area contributed by atoms with Gasteiger partial charge in [-0.3, -0.25) is 14.3 Å². The van der Waals surface area contributed by atoms with Crippen LogP contribution in [0.3, 0.4) is 0 Å². The summed E-state index contributed by atoms with van der Waals surface area (Å²) in [5, 5.41) is -0.482. The Labute approximate surface area is 215 Å². The molecule has 0 amide bonds. The lowest BCUT2D eigenvalue weighted by molar-refractivity contribution is -0.172. The van der Waals surface area contributed by atoms with E-state index in [9.17, 15) is 36.3 Å². The van der Waals surface area contributed by atoms with E-state index >= 15 is 0 Å². The van der Waals surface area contributed by atoms with Gasteiger partial charge in [0.25, 0.3) is 11.8 Å². The van der Waals surface area contributed by atoms with Crippen molar-refractivity contribution in [3.05, 3.63) is 73.5 Å². The van der Waals surface area contributed by atoms with Crippen molar-refractivity contribution in [3.63, 3.8) is 0 Å². The van der Waals surface area contributed by atoms with Crippen molar-refractivity contribution in [2.24, 2.45) is 7.05 Å². The molecule has 2 aromatic carbocycles. The molecule has 0 aliphatic rings. The first-order valence-electron chi connectivity index (χ1n) is 10.5. The molecule has 15 heteroatoms. The fourth-order valence-corrected chi connectivity index (χ4v) is 3.49. The molecule has 1 aromatic heterocycles. The van der Waals surface area contributed by atoms with Gasteiger partial charge in [-0.15, -0.1) is 0 Å². The molecule has 38 heavy (non-hydrogen) atoms. The summed E-state index contributed by atoms with van der Waals surface area (Å²) >= 11 is 6.02. The molecule has 0 bridgehead atoms. The van der Waals surface area contributed by atoms with Gasteiger partial charge in [0.05, 0.1) is 17.2 Å². The molecule has 1 heterocycles. The molecule has 1 unspecified atom stereocenters. The number of nitrogens with zero attached hydrogens (tertiary/aromatic N) is 1. The van der Waals surface area contributed by atoms with Gasteiger partial charge in [0.2, 0.25) is 0 Å². The second-order valence-electron chi connectivity index (χ2n) is 7.43. The number of carbonyl (C=O) groups excluding carboxylic acids is 1. The number of esters is 1. The van der Waals surface area contributed by atoms with Crippen LogP contribution in [0.25, 0.3) is 11.1 Å². The number of carbonyl (C=O) groups is 1. The maximum Gasteiger partial charge on any atom is 0.432 e. The zero-order valence-electron chi connectivity index (χ0n) is 19.7. The normalized spacial score (nSPS) is 12.2. The molecule has 0 saturated heterocycles. The standard InChI is InChI=1S/C23H18ClF5N2O7/c1-4-36-20(33)21(35-3)38-14-6-5-10(25)7-16(14)37-15-8-11(13(26)9-12(15)24)17-18(23(27,28)29)31(2)22(34)30-19(17)32/h5-9,21H,4H2,1-3H3,(H,30,32,34). The molecule has 204 valence electrons. The average molecular weight is 565 g/mol. The van der Waals surface area contributed by atoms with E-state index in [1.807, 2.05) is 0 Å². The van der Waals surface area contributed by atoms with Crippen molar-refractivity contribution in [2.75, 3.05) is 13.7 Å². The Balaban J connectivity index is 2.16. The second kappa shape index (κ2) is 11.2. The Morgan fingerprint density at radius 3 is 2.39 bits per heavy atom. The van der Waals surface area contributed by atoms with Crippen molar-refractivity contribution in [3.8, 4) is 28.4 Å². The summed E-state index contributed by atoms with van der Waals surface area (Å²) in [6.45, 7) is 1.53. The summed E-state index contributed by atoms with van der Waals surface area (Å²) in [4.78, 5) is 37.9. The van der Waals surface area contributed by atoms with Gasteiger partial charge in [-0.25, -0.2) is 18.4 Å². The van der Waals surface area contributed by atoms with E-state index < -0.39 is 74.7 Å². The lowest BCUT2D eigenvalue weighted by Crippen LogP contribution is -2.35. The van der Waals surface area contributed by atoms with Crippen molar-refractivity contribution in [1.29, 1.82) is 0 Å². The summed E-state index contributed by atoms with van der Waals surface area (Å²) in [5.41, 5.74) is -6.79. The molecule has 0 aliphatic heterocycles. The Kier molecular flexibility index (Phi) is 8.47. The van der Waals surface area contributed by atoms with Gasteiger partial charge < -0.3 is 18.9 Å². The summed E-state index contributed by atoms with van der Waals surface area (Å²) in [7, 11) is 1.86. The molecule has 1 N–H and O–H groups in total. The van der Waals surface area contributed by atoms with Crippen LogP contribution in [0.2, 0.25) is 5.02 Å². The number of hydrogen-bond donors (Lipinski definition) is 1. The number of alkyl halides is 3. The first kappa shape index (κ1) is 28.7. The van der Waals surface area contributed by atoms with Crippen molar-refractivity contribution in [2.45, 2.75) is 19.4 Å². The highest BCUT2D eigenvalue weighted by molar-refractivity contribution is 6.32. The fourth-order valence-electron chi connectivity index (χ4n) is 3.30. The second-order valence-corrected chi connectivity index (χ2v) is 7.84. The van der Waals surface area contributed by atoms with E-state index in [1.54, 1.807) is 4.98 Å². The van der Waals surface area contributed by atoms with Gasteiger partial charge in [-0.1, -0.05) is 11.6 Å². The van der Waals surface area contributed by atoms with Crippen LogP contribution < -0.4 is 20.7 Å². The zero-order chi connectivity index (χ0) is 28.4. The van der Waals surface area contributed by atoms with Crippen LogP contribution in [0.5, 0.6) is 17.2 Å². The number of halogens is 6. The van der Waals surface area contributed by atoms with Gasteiger partial charge in [0, 0.05) is 25.8 Å². The summed E-state index contributed by atoms with van der Waals surface area (Å²) < 4.78 is 90.9. The van der Waals surface area contributed by atoms with Crippen molar-refractivity contribution in [1.82, 2.24) is 9.55 Å². The lowest BCUT2D eigenvalue weighted by Gasteiger charge is -2.19. The largest absolute Gasteiger partial charge is 0.461 e. The lowest BCUT2D eigenvalue weighted by atomic mass is 10.0. The van der Waals surface area contributed by atoms with E-state index in [0.29, 0.717) is 12.1 Å². The third-order valence-electron chi connectivity index (χ3n) is 4.94. The van der Waals surface area contributed by atoms with Crippen LogP contribution >= 0.6 is 11.6 Å². The number of ether oxygens (including phenoxy) is 4. The Morgan fingerprint density at radius 1 is 1.11 bits per heavy atom. The molecule has 3 aromatic rings. The first-order chi connectivity index (χ1) is 17.8. The Bertz CT molecular complexity index is 1490. The number of H-pyrrole nitrogens is 1. The highest BCUT2D eigenvalue weighted by atomic mass is 35.5. The maximum absolute atomic E-state index is 14.9. The summed E-state index contributed by atoms with van der Waals surface area (Å²) in [5.74, 6) is -4.39. The Morgan fingerprint density at radius 2 is 1.79 bits per heavy atom. The van der Waals surface area contributed by atoms with E-state index in [2.05, 4.69) is 0 Å². The van der Waals surface area contributed by atoms with Crippen LogP contribution in [0.15, 0.2) is 39.9 Å². The monoisotopic (exact) mass is 564 g/mol. The number of benzene rings is 2. The molecular weight excluding hydrogens is 547 g/mol. The van der Waals surface area contributed by atoms with Gasteiger partial charge >= 0.3 is 17.8 Å². The van der Waals surface area contributed by atoms with E-state index in [4.69, 9.17) is 30.5 Å². The highest BCUT2D eigenvalue weighted by Gasteiger charge is 2.39. The average Bonchev–Trinajstić information content (AvgIpc) is 2.82. The van der Waals surface area contributed by atoms with E-state index in [-0.39, 0.29) is 16.9 Å². The number of rotatable bonds is 8. The van der Waals surface area contributed by atoms with Crippen molar-refractivity contribution >= 4 is 17.6 Å². The van der Waals surface area contributed by atoms with Crippen LogP contribution in [-0.2, 0) is 27.5 Å². The van der Waals surface area contributed by atoms with Crippen LogP contribution in [0, 0.1) is 11.6 Å². The third-order valence-corrected chi connectivity index (χ3v) is 5.23. The minimum atomic E-state index is -5.24. The minimum absolute atomic E-state index is 0.00702. The molecule has 0 fully saturated rings.